The number of thiocarbonyl (C=S) groups is 1. The molecule has 0 fully saturated rings. The van der Waals surface area contributed by atoms with Crippen molar-refractivity contribution in [1.82, 2.24) is 4.90 Å². The van der Waals surface area contributed by atoms with Gasteiger partial charge in [0.2, 0.25) is 0 Å². The number of esters is 1. The van der Waals surface area contributed by atoms with Gasteiger partial charge in [0.05, 0.1) is 17.6 Å². The van der Waals surface area contributed by atoms with Crippen molar-refractivity contribution in [2.75, 3.05) is 30.8 Å². The zero-order valence-electron chi connectivity index (χ0n) is 19.2. The maximum Gasteiger partial charge on any atom is 0.341 e. The lowest BCUT2D eigenvalue weighted by Gasteiger charge is -2.23. The van der Waals surface area contributed by atoms with Gasteiger partial charge in [0.25, 0.3) is 5.91 Å². The third-order valence-electron chi connectivity index (χ3n) is 4.99. The Morgan fingerprint density at radius 1 is 1.13 bits per heavy atom. The first kappa shape index (κ1) is 24.8. The van der Waals surface area contributed by atoms with Crippen LogP contribution in [0.25, 0.3) is 0 Å². The number of para-hydroxylation sites is 1. The van der Waals surface area contributed by atoms with Crippen LogP contribution in [0.5, 0.6) is 0 Å². The van der Waals surface area contributed by atoms with Gasteiger partial charge < -0.3 is 20.3 Å². The van der Waals surface area contributed by atoms with E-state index < -0.39 is 5.97 Å². The summed E-state index contributed by atoms with van der Waals surface area (Å²) in [4.78, 5) is 27.7. The topological polar surface area (TPSA) is 70.7 Å². The molecule has 1 aromatic heterocycles. The second-order valence-corrected chi connectivity index (χ2v) is 9.53. The van der Waals surface area contributed by atoms with Crippen molar-refractivity contribution in [3.05, 3.63) is 45.8 Å². The Labute approximate surface area is 194 Å². The molecule has 0 atom stereocenters. The van der Waals surface area contributed by atoms with Crippen molar-refractivity contribution in [1.29, 1.82) is 0 Å². The van der Waals surface area contributed by atoms with E-state index in [0.717, 1.165) is 11.3 Å². The quantitative estimate of drug-likeness (QED) is 0.441. The van der Waals surface area contributed by atoms with Crippen molar-refractivity contribution in [2.45, 2.75) is 47.0 Å². The number of hydrogen-bond acceptors (Lipinski definition) is 5. The lowest BCUT2D eigenvalue weighted by molar-refractivity contribution is 0.0601. The largest absolute Gasteiger partial charge is 0.465 e. The van der Waals surface area contributed by atoms with Crippen LogP contribution in [0.4, 0.5) is 10.7 Å². The molecule has 8 heteroatoms. The van der Waals surface area contributed by atoms with Gasteiger partial charge in [-0.25, -0.2) is 4.79 Å². The minimum atomic E-state index is -0.507. The van der Waals surface area contributed by atoms with Crippen LogP contribution in [0.2, 0.25) is 0 Å². The molecular weight excluding hydrogens is 430 g/mol. The SMILES string of the molecule is CCN(CC)C(=O)c1sc(NC(=S)Nc2ccccc2C(C)(C)C)c(C(=O)OC)c1C. The molecule has 0 saturated heterocycles. The van der Waals surface area contributed by atoms with Gasteiger partial charge in [-0.1, -0.05) is 39.0 Å². The van der Waals surface area contributed by atoms with Crippen LogP contribution in [-0.4, -0.2) is 42.1 Å². The Kier molecular flexibility index (Phi) is 8.20. The summed E-state index contributed by atoms with van der Waals surface area (Å²) in [6.07, 6.45) is 0. The average molecular weight is 462 g/mol. The van der Waals surface area contributed by atoms with E-state index in [0.29, 0.717) is 39.2 Å². The van der Waals surface area contributed by atoms with E-state index in [9.17, 15) is 9.59 Å². The molecule has 1 amide bonds. The van der Waals surface area contributed by atoms with Crippen LogP contribution in [0.3, 0.4) is 0 Å². The van der Waals surface area contributed by atoms with Gasteiger partial charge in [-0.05, 0) is 55.6 Å². The van der Waals surface area contributed by atoms with Crippen LogP contribution in [0.1, 0.15) is 65.8 Å². The van der Waals surface area contributed by atoms with E-state index >= 15 is 0 Å². The number of nitrogens with zero attached hydrogens (tertiary/aromatic N) is 1. The Balaban J connectivity index is 2.38. The van der Waals surface area contributed by atoms with E-state index in [4.69, 9.17) is 17.0 Å². The molecule has 0 radical (unpaired) electrons. The molecule has 1 heterocycles. The number of carbonyl (C=O) groups is 2. The van der Waals surface area contributed by atoms with Crippen molar-refractivity contribution >= 4 is 51.2 Å². The molecular formula is C23H31N3O3S2. The van der Waals surface area contributed by atoms with Gasteiger partial charge in [-0.15, -0.1) is 11.3 Å². The summed E-state index contributed by atoms with van der Waals surface area (Å²) >= 11 is 6.75. The molecule has 31 heavy (non-hydrogen) atoms. The summed E-state index contributed by atoms with van der Waals surface area (Å²) in [7, 11) is 1.32. The first-order valence-electron chi connectivity index (χ1n) is 10.2. The van der Waals surface area contributed by atoms with E-state index in [1.165, 1.54) is 18.4 Å². The molecule has 0 spiro atoms. The maximum absolute atomic E-state index is 12.9. The number of hydrogen-bond donors (Lipinski definition) is 2. The van der Waals surface area contributed by atoms with Crippen molar-refractivity contribution in [2.24, 2.45) is 0 Å². The third-order valence-corrected chi connectivity index (χ3v) is 6.39. The zero-order chi connectivity index (χ0) is 23.3. The number of rotatable bonds is 6. The van der Waals surface area contributed by atoms with E-state index in [2.05, 4.69) is 37.5 Å². The first-order valence-corrected chi connectivity index (χ1v) is 11.5. The Hall–Kier alpha value is -2.45. The van der Waals surface area contributed by atoms with Crippen molar-refractivity contribution < 1.29 is 14.3 Å². The molecule has 0 bridgehead atoms. The Morgan fingerprint density at radius 3 is 2.29 bits per heavy atom. The Morgan fingerprint density at radius 2 is 1.74 bits per heavy atom. The van der Waals surface area contributed by atoms with Gasteiger partial charge in [0.15, 0.2) is 5.11 Å². The minimum Gasteiger partial charge on any atom is -0.465 e. The number of ether oxygens (including phenoxy) is 1. The summed E-state index contributed by atoms with van der Waals surface area (Å²) in [5.74, 6) is -0.615. The number of methoxy groups -OCH3 is 1. The second-order valence-electron chi connectivity index (χ2n) is 8.10. The standard InChI is InChI=1S/C23H31N3O3S2/c1-8-26(9-2)20(27)18-14(3)17(21(28)29-7)19(31-18)25-22(30)24-16-13-11-10-12-15(16)23(4,5)6/h10-13H,8-9H2,1-7H3,(H2,24,25,30). The van der Waals surface area contributed by atoms with Gasteiger partial charge in [0.1, 0.15) is 5.00 Å². The smallest absolute Gasteiger partial charge is 0.341 e. The second kappa shape index (κ2) is 10.2. The lowest BCUT2D eigenvalue weighted by Crippen LogP contribution is -2.30. The normalized spacial score (nSPS) is 11.1. The molecule has 1 aromatic carbocycles. The molecule has 0 aliphatic heterocycles. The van der Waals surface area contributed by atoms with Gasteiger partial charge in [-0.3, -0.25) is 4.79 Å². The molecule has 2 aromatic rings. The van der Waals surface area contributed by atoms with Crippen molar-refractivity contribution in [3.8, 4) is 0 Å². The molecule has 168 valence electrons. The number of thiophene rings is 1. The van der Waals surface area contributed by atoms with Gasteiger partial charge >= 0.3 is 5.97 Å². The van der Waals surface area contributed by atoms with E-state index in [-0.39, 0.29) is 11.3 Å². The molecule has 6 nitrogen and oxygen atoms in total. The van der Waals surface area contributed by atoms with Crippen molar-refractivity contribution in [3.63, 3.8) is 0 Å². The highest BCUT2D eigenvalue weighted by Crippen LogP contribution is 2.35. The summed E-state index contributed by atoms with van der Waals surface area (Å²) in [6, 6.07) is 7.95. The minimum absolute atomic E-state index is 0.0702. The first-order chi connectivity index (χ1) is 14.5. The number of benzene rings is 1. The summed E-state index contributed by atoms with van der Waals surface area (Å²) in [5.41, 5.74) is 2.86. The fourth-order valence-electron chi connectivity index (χ4n) is 3.31. The van der Waals surface area contributed by atoms with Crippen LogP contribution in [0.15, 0.2) is 24.3 Å². The number of amides is 1. The third kappa shape index (κ3) is 5.62. The van der Waals surface area contributed by atoms with Crippen LogP contribution < -0.4 is 10.6 Å². The molecule has 2 N–H and O–H groups in total. The number of carbonyl (C=O) groups excluding carboxylic acids is 2. The van der Waals surface area contributed by atoms with Crippen LogP contribution in [-0.2, 0) is 10.2 Å². The predicted molar refractivity (Wildman–Crippen MR) is 133 cm³/mol. The summed E-state index contributed by atoms with van der Waals surface area (Å²) < 4.78 is 4.97. The lowest BCUT2D eigenvalue weighted by atomic mass is 9.86. The number of anilines is 2. The van der Waals surface area contributed by atoms with Gasteiger partial charge in [0, 0.05) is 18.8 Å². The summed E-state index contributed by atoms with van der Waals surface area (Å²) in [6.45, 7) is 13.2. The fourth-order valence-corrected chi connectivity index (χ4v) is 4.75. The van der Waals surface area contributed by atoms with Crippen LogP contribution in [0, 0.1) is 6.92 Å². The predicted octanol–water partition coefficient (Wildman–Crippen LogP) is 5.43. The monoisotopic (exact) mass is 461 g/mol. The molecule has 0 unspecified atom stereocenters. The highest BCUT2D eigenvalue weighted by atomic mass is 32.1. The highest BCUT2D eigenvalue weighted by molar-refractivity contribution is 7.80. The highest BCUT2D eigenvalue weighted by Gasteiger charge is 2.28. The van der Waals surface area contributed by atoms with Crippen LogP contribution >= 0.6 is 23.6 Å². The molecule has 0 saturated carbocycles. The molecule has 0 aliphatic rings. The number of nitrogens with one attached hydrogen (secondary N) is 2. The maximum atomic E-state index is 12.9. The van der Waals surface area contributed by atoms with Gasteiger partial charge in [-0.2, -0.15) is 0 Å². The fraction of sp³-hybridized carbons (Fsp3) is 0.435. The average Bonchev–Trinajstić information content (AvgIpc) is 3.03. The Bertz CT molecular complexity index is 973. The van der Waals surface area contributed by atoms with E-state index in [1.807, 2.05) is 32.0 Å². The van der Waals surface area contributed by atoms with E-state index in [1.54, 1.807) is 11.8 Å². The molecule has 0 aliphatic carbocycles. The summed E-state index contributed by atoms with van der Waals surface area (Å²) in [5, 5.41) is 7.17. The zero-order valence-corrected chi connectivity index (χ0v) is 20.8. The molecule has 2 rings (SSSR count).